The predicted molar refractivity (Wildman–Crippen MR) is 158 cm³/mol. The van der Waals surface area contributed by atoms with E-state index in [1.807, 2.05) is 18.3 Å². The molecule has 2 heterocycles. The van der Waals surface area contributed by atoms with Gasteiger partial charge in [0.2, 0.25) is 0 Å². The Morgan fingerprint density at radius 1 is 0.974 bits per heavy atom. The van der Waals surface area contributed by atoms with Crippen molar-refractivity contribution in [2.75, 3.05) is 18.0 Å². The lowest BCUT2D eigenvalue weighted by Gasteiger charge is -2.20. The van der Waals surface area contributed by atoms with Crippen molar-refractivity contribution in [3.63, 3.8) is 0 Å². The van der Waals surface area contributed by atoms with Gasteiger partial charge < -0.3 is 9.47 Å². The Kier molecular flexibility index (Phi) is 8.55. The van der Waals surface area contributed by atoms with Crippen LogP contribution in [0.15, 0.2) is 48.7 Å². The van der Waals surface area contributed by atoms with Gasteiger partial charge in [0, 0.05) is 30.7 Å². The summed E-state index contributed by atoms with van der Waals surface area (Å²) in [6, 6.07) is 13.9. The molecule has 3 unspecified atom stereocenters. The average molecular weight is 516 g/mol. The van der Waals surface area contributed by atoms with E-state index in [1.54, 1.807) is 10.6 Å². The predicted octanol–water partition coefficient (Wildman–Crippen LogP) is 8.66. The molecule has 3 atom stereocenters. The van der Waals surface area contributed by atoms with Gasteiger partial charge in [-0.15, -0.1) is 0 Å². The molecule has 2 aliphatic carbocycles. The van der Waals surface area contributed by atoms with E-state index in [-0.39, 0.29) is 5.82 Å². The smallest absolute Gasteiger partial charge is 0.148 e. The molecular formula is C34H46FN3. The molecule has 4 heteroatoms. The highest BCUT2D eigenvalue weighted by molar-refractivity contribution is 5.82. The molecule has 2 saturated carbocycles. The van der Waals surface area contributed by atoms with E-state index in [1.165, 1.54) is 56.9 Å². The van der Waals surface area contributed by atoms with Gasteiger partial charge in [-0.25, -0.2) is 4.39 Å². The molecule has 204 valence electrons. The molecule has 38 heavy (non-hydrogen) atoms. The number of hydrogen-bond acceptors (Lipinski definition) is 2. The highest BCUT2D eigenvalue weighted by Gasteiger charge is 2.30. The molecule has 0 spiro atoms. The van der Waals surface area contributed by atoms with Gasteiger partial charge in [0.1, 0.15) is 11.3 Å². The quantitative estimate of drug-likeness (QED) is 0.335. The summed E-state index contributed by atoms with van der Waals surface area (Å²) in [5.41, 5.74) is 3.13. The van der Waals surface area contributed by atoms with Crippen LogP contribution >= 0.6 is 0 Å². The molecule has 3 aromatic rings. The highest BCUT2D eigenvalue weighted by Crippen LogP contribution is 2.41. The lowest BCUT2D eigenvalue weighted by atomic mass is 9.97. The minimum atomic E-state index is -0.208. The number of aryl methyl sites for hydroxylation is 1. The van der Waals surface area contributed by atoms with Crippen LogP contribution < -0.4 is 10.4 Å². The Bertz CT molecular complexity index is 1290. The van der Waals surface area contributed by atoms with Gasteiger partial charge in [-0.05, 0) is 78.5 Å². The second-order valence-corrected chi connectivity index (χ2v) is 12.4. The largest absolute Gasteiger partial charge is 0.369 e. The lowest BCUT2D eigenvalue weighted by Crippen LogP contribution is -2.21. The summed E-state index contributed by atoms with van der Waals surface area (Å²) >= 11 is 0. The zero-order chi connectivity index (χ0) is 26.6. The summed E-state index contributed by atoms with van der Waals surface area (Å²) in [6.45, 7) is 8.65. The van der Waals surface area contributed by atoms with E-state index in [9.17, 15) is 4.39 Å². The Labute approximate surface area is 228 Å². The zero-order valence-electron chi connectivity index (χ0n) is 23.7. The molecular weight excluding hydrogens is 469 g/mol. The SMILES string of the molecule is CC1CCN(c2ccc(-n3ccc4cc(CCC5CCCC5)ccc4c3=N)cc2F)C1.CCCC1CC1C. The van der Waals surface area contributed by atoms with Gasteiger partial charge in [0.15, 0.2) is 0 Å². The first kappa shape index (κ1) is 27.0. The molecule has 2 aromatic carbocycles. The van der Waals surface area contributed by atoms with Crippen molar-refractivity contribution in [3.8, 4) is 5.69 Å². The molecule has 0 radical (unpaired) electrons. The fourth-order valence-corrected chi connectivity index (χ4v) is 6.59. The molecule has 3 fully saturated rings. The van der Waals surface area contributed by atoms with Crippen LogP contribution in [0.2, 0.25) is 0 Å². The van der Waals surface area contributed by atoms with Crippen molar-refractivity contribution in [2.45, 2.75) is 85.0 Å². The molecule has 3 aliphatic rings. The zero-order valence-corrected chi connectivity index (χ0v) is 23.7. The Morgan fingerprint density at radius 3 is 2.39 bits per heavy atom. The monoisotopic (exact) mass is 515 g/mol. The maximum absolute atomic E-state index is 14.9. The Balaban J connectivity index is 0.000000366. The minimum absolute atomic E-state index is 0.208. The van der Waals surface area contributed by atoms with Crippen LogP contribution in [0.1, 0.15) is 84.1 Å². The fraction of sp³-hybridized carbons (Fsp3) is 0.559. The van der Waals surface area contributed by atoms with E-state index in [0.717, 1.165) is 54.5 Å². The van der Waals surface area contributed by atoms with Crippen LogP contribution in [-0.4, -0.2) is 17.7 Å². The number of fused-ring (bicyclic) bond motifs is 1. The molecule has 1 saturated heterocycles. The average Bonchev–Trinajstić information content (AvgIpc) is 3.27. The number of pyridine rings is 1. The Hall–Kier alpha value is -2.62. The van der Waals surface area contributed by atoms with E-state index >= 15 is 0 Å². The third-order valence-electron chi connectivity index (χ3n) is 9.24. The van der Waals surface area contributed by atoms with Crippen LogP contribution in [0.3, 0.4) is 0 Å². The minimum Gasteiger partial charge on any atom is -0.369 e. The second kappa shape index (κ2) is 12.1. The molecule has 6 rings (SSSR count). The third kappa shape index (κ3) is 6.33. The Morgan fingerprint density at radius 2 is 1.76 bits per heavy atom. The maximum atomic E-state index is 14.9. The van der Waals surface area contributed by atoms with Crippen molar-refractivity contribution in [1.29, 1.82) is 5.41 Å². The van der Waals surface area contributed by atoms with E-state index in [4.69, 9.17) is 5.41 Å². The normalized spacial score (nSPS) is 23.1. The molecule has 0 bridgehead atoms. The molecule has 1 N–H and O–H groups in total. The van der Waals surface area contributed by atoms with Crippen LogP contribution in [0.4, 0.5) is 10.1 Å². The number of benzene rings is 2. The van der Waals surface area contributed by atoms with Crippen molar-refractivity contribution in [1.82, 2.24) is 4.57 Å². The first-order valence-electron chi connectivity index (χ1n) is 15.2. The van der Waals surface area contributed by atoms with Gasteiger partial charge >= 0.3 is 0 Å². The van der Waals surface area contributed by atoms with Gasteiger partial charge in [0.05, 0.1) is 11.4 Å². The summed E-state index contributed by atoms with van der Waals surface area (Å²) in [5, 5.41) is 10.7. The van der Waals surface area contributed by atoms with Crippen molar-refractivity contribution < 1.29 is 4.39 Å². The molecule has 1 aliphatic heterocycles. The number of nitrogens with one attached hydrogen (secondary N) is 1. The van der Waals surface area contributed by atoms with Crippen molar-refractivity contribution >= 4 is 16.5 Å². The second-order valence-electron chi connectivity index (χ2n) is 12.4. The summed E-state index contributed by atoms with van der Waals surface area (Å²) in [5.74, 6) is 3.48. The summed E-state index contributed by atoms with van der Waals surface area (Å²) in [6.07, 6.45) is 15.3. The van der Waals surface area contributed by atoms with Crippen LogP contribution in [-0.2, 0) is 6.42 Å². The fourth-order valence-electron chi connectivity index (χ4n) is 6.59. The van der Waals surface area contributed by atoms with Crippen LogP contribution in [0.25, 0.3) is 16.5 Å². The number of halogens is 1. The molecule has 1 aromatic heterocycles. The van der Waals surface area contributed by atoms with E-state index in [2.05, 4.69) is 49.9 Å². The standard InChI is InChI=1S/C27H32FN3.C7H14/c1-19-12-14-30(18-19)26-11-9-23(17-25(26)28)31-15-13-22-16-21(8-10-24(22)27(31)29)7-6-20-4-2-3-5-20;1-3-4-7-5-6(7)2/h8-11,13,15-17,19-20,29H,2-7,12,14,18H2,1H3;6-7H,3-5H2,1-2H3. The number of nitrogens with zero attached hydrogens (tertiary/aromatic N) is 2. The van der Waals surface area contributed by atoms with Crippen molar-refractivity contribution in [2.24, 2.45) is 23.7 Å². The summed E-state index contributed by atoms with van der Waals surface area (Å²) in [7, 11) is 0. The first-order valence-corrected chi connectivity index (χ1v) is 15.2. The molecule has 3 nitrogen and oxygen atoms in total. The van der Waals surface area contributed by atoms with Gasteiger partial charge in [0.25, 0.3) is 0 Å². The first-order chi connectivity index (χ1) is 18.4. The summed E-state index contributed by atoms with van der Waals surface area (Å²) < 4.78 is 16.7. The third-order valence-corrected chi connectivity index (χ3v) is 9.24. The van der Waals surface area contributed by atoms with E-state index < -0.39 is 0 Å². The number of hydrogen-bond donors (Lipinski definition) is 1. The van der Waals surface area contributed by atoms with Crippen LogP contribution in [0.5, 0.6) is 0 Å². The summed E-state index contributed by atoms with van der Waals surface area (Å²) in [4.78, 5) is 2.13. The number of rotatable bonds is 7. The number of anilines is 1. The maximum Gasteiger partial charge on any atom is 0.148 e. The van der Waals surface area contributed by atoms with E-state index in [0.29, 0.717) is 22.8 Å². The van der Waals surface area contributed by atoms with Crippen LogP contribution in [0, 0.1) is 34.9 Å². The van der Waals surface area contributed by atoms with Gasteiger partial charge in [-0.2, -0.15) is 0 Å². The lowest BCUT2D eigenvalue weighted by molar-refractivity contribution is 0.504. The van der Waals surface area contributed by atoms with Gasteiger partial charge in [-0.3, -0.25) is 5.41 Å². The topological polar surface area (TPSA) is 32.0 Å². The van der Waals surface area contributed by atoms with Gasteiger partial charge in [-0.1, -0.05) is 77.5 Å². The van der Waals surface area contributed by atoms with Crippen molar-refractivity contribution in [3.05, 3.63) is 65.5 Å². The highest BCUT2D eigenvalue weighted by atomic mass is 19.1. The number of aromatic nitrogens is 1. The molecule has 0 amide bonds.